The Morgan fingerprint density at radius 3 is 2.67 bits per heavy atom. The lowest BCUT2D eigenvalue weighted by molar-refractivity contribution is -0.135. The fourth-order valence-electron chi connectivity index (χ4n) is 1.25. The van der Waals surface area contributed by atoms with Gasteiger partial charge in [-0.05, 0) is 25.7 Å². The summed E-state index contributed by atoms with van der Waals surface area (Å²) in [5.74, 6) is -0.386. The Bertz CT molecular complexity index is 215. The molecule has 0 bridgehead atoms. The third kappa shape index (κ3) is 6.06. The predicted molar refractivity (Wildman–Crippen MR) is 56.0 cm³/mol. The number of ether oxygens (including phenoxy) is 1. The standard InChI is InChI=1S/C10H19NO4/c1-3-15-10(13)9(11-14)7-8(2)5-4-6-12/h8,12,14H,3-7H2,1-2H3/b11-9+. The van der Waals surface area contributed by atoms with Gasteiger partial charge in [0, 0.05) is 13.0 Å². The van der Waals surface area contributed by atoms with Crippen LogP contribution in [-0.2, 0) is 9.53 Å². The van der Waals surface area contributed by atoms with Gasteiger partial charge in [-0.15, -0.1) is 0 Å². The van der Waals surface area contributed by atoms with Crippen LogP contribution in [0.15, 0.2) is 5.16 Å². The number of carbonyl (C=O) groups excluding carboxylic acids is 1. The molecule has 1 atom stereocenters. The second kappa shape index (κ2) is 8.23. The van der Waals surface area contributed by atoms with Gasteiger partial charge >= 0.3 is 5.97 Å². The highest BCUT2D eigenvalue weighted by Gasteiger charge is 2.16. The third-order valence-electron chi connectivity index (χ3n) is 2.03. The van der Waals surface area contributed by atoms with E-state index in [0.717, 1.165) is 6.42 Å². The Labute approximate surface area is 89.7 Å². The molecule has 15 heavy (non-hydrogen) atoms. The van der Waals surface area contributed by atoms with E-state index in [1.54, 1.807) is 6.92 Å². The van der Waals surface area contributed by atoms with E-state index in [1.165, 1.54) is 0 Å². The fourth-order valence-corrected chi connectivity index (χ4v) is 1.25. The summed E-state index contributed by atoms with van der Waals surface area (Å²) >= 11 is 0. The Hall–Kier alpha value is -1.10. The van der Waals surface area contributed by atoms with Gasteiger partial charge in [-0.3, -0.25) is 0 Å². The minimum atomic E-state index is -0.573. The molecular formula is C10H19NO4. The molecule has 0 aliphatic carbocycles. The summed E-state index contributed by atoms with van der Waals surface area (Å²) in [7, 11) is 0. The molecule has 88 valence electrons. The minimum Gasteiger partial charge on any atom is -0.461 e. The first kappa shape index (κ1) is 13.9. The van der Waals surface area contributed by atoms with E-state index in [-0.39, 0.29) is 24.8 Å². The van der Waals surface area contributed by atoms with Crippen molar-refractivity contribution in [1.82, 2.24) is 0 Å². The zero-order chi connectivity index (χ0) is 11.7. The van der Waals surface area contributed by atoms with Gasteiger partial charge in [-0.25, -0.2) is 4.79 Å². The molecule has 0 aliphatic rings. The van der Waals surface area contributed by atoms with Crippen LogP contribution >= 0.6 is 0 Å². The molecule has 2 N–H and O–H groups in total. The lowest BCUT2D eigenvalue weighted by atomic mass is 9.99. The molecule has 0 aliphatic heterocycles. The summed E-state index contributed by atoms with van der Waals surface area (Å²) in [6, 6.07) is 0. The summed E-state index contributed by atoms with van der Waals surface area (Å²) in [6.45, 7) is 4.03. The van der Waals surface area contributed by atoms with E-state index < -0.39 is 5.97 Å². The van der Waals surface area contributed by atoms with Crippen molar-refractivity contribution < 1.29 is 19.8 Å². The monoisotopic (exact) mass is 217 g/mol. The lowest BCUT2D eigenvalue weighted by Crippen LogP contribution is -2.20. The molecule has 0 heterocycles. The number of esters is 1. The molecule has 0 aromatic carbocycles. The van der Waals surface area contributed by atoms with Crippen LogP contribution < -0.4 is 0 Å². The number of aliphatic hydroxyl groups is 1. The molecule has 0 saturated carbocycles. The molecule has 0 radical (unpaired) electrons. The van der Waals surface area contributed by atoms with Crippen LogP contribution in [0.5, 0.6) is 0 Å². The zero-order valence-electron chi connectivity index (χ0n) is 9.27. The molecular weight excluding hydrogens is 198 g/mol. The number of rotatable bonds is 7. The molecule has 0 saturated heterocycles. The Balaban J connectivity index is 4.04. The van der Waals surface area contributed by atoms with Crippen LogP contribution in [0.25, 0.3) is 0 Å². The first-order valence-corrected chi connectivity index (χ1v) is 5.14. The van der Waals surface area contributed by atoms with Crippen LogP contribution in [0, 0.1) is 5.92 Å². The van der Waals surface area contributed by atoms with Gasteiger partial charge in [0.05, 0.1) is 6.61 Å². The number of carbonyl (C=O) groups is 1. The molecule has 0 spiro atoms. The van der Waals surface area contributed by atoms with Crippen molar-refractivity contribution in [1.29, 1.82) is 0 Å². The smallest absolute Gasteiger partial charge is 0.356 e. The van der Waals surface area contributed by atoms with E-state index in [9.17, 15) is 4.79 Å². The number of oxime groups is 1. The largest absolute Gasteiger partial charge is 0.461 e. The molecule has 0 fully saturated rings. The minimum absolute atomic E-state index is 0.0438. The molecule has 0 rings (SSSR count). The number of hydrogen-bond donors (Lipinski definition) is 2. The van der Waals surface area contributed by atoms with E-state index >= 15 is 0 Å². The van der Waals surface area contributed by atoms with Gasteiger partial charge in [0.15, 0.2) is 5.71 Å². The summed E-state index contributed by atoms with van der Waals surface area (Å²) in [5, 5.41) is 20.2. The van der Waals surface area contributed by atoms with E-state index in [1.807, 2.05) is 6.92 Å². The van der Waals surface area contributed by atoms with Gasteiger partial charge in [0.25, 0.3) is 0 Å². The average Bonchev–Trinajstić information content (AvgIpc) is 2.23. The normalized spacial score (nSPS) is 13.7. The third-order valence-corrected chi connectivity index (χ3v) is 2.03. The maximum atomic E-state index is 11.2. The SMILES string of the molecule is CCOC(=O)/C(CC(C)CCCO)=N/O. The van der Waals surface area contributed by atoms with Gasteiger partial charge < -0.3 is 15.1 Å². The lowest BCUT2D eigenvalue weighted by Gasteiger charge is -2.10. The van der Waals surface area contributed by atoms with E-state index in [4.69, 9.17) is 15.1 Å². The molecule has 1 unspecified atom stereocenters. The summed E-state index contributed by atoms with van der Waals surface area (Å²) in [6.07, 6.45) is 1.84. The summed E-state index contributed by atoms with van der Waals surface area (Å²) in [4.78, 5) is 11.2. The molecule has 0 aromatic rings. The number of nitrogens with zero attached hydrogens (tertiary/aromatic N) is 1. The van der Waals surface area contributed by atoms with E-state index in [0.29, 0.717) is 12.8 Å². The van der Waals surface area contributed by atoms with Gasteiger partial charge in [0.1, 0.15) is 0 Å². The molecule has 5 nitrogen and oxygen atoms in total. The van der Waals surface area contributed by atoms with Crippen molar-refractivity contribution in [2.75, 3.05) is 13.2 Å². The van der Waals surface area contributed by atoms with Crippen LogP contribution in [0.4, 0.5) is 0 Å². The maximum absolute atomic E-state index is 11.2. The highest BCUT2D eigenvalue weighted by atomic mass is 16.5. The highest BCUT2D eigenvalue weighted by Crippen LogP contribution is 2.11. The molecule has 0 amide bonds. The fraction of sp³-hybridized carbons (Fsp3) is 0.800. The van der Waals surface area contributed by atoms with Gasteiger partial charge in [-0.2, -0.15) is 0 Å². The number of aliphatic hydroxyl groups excluding tert-OH is 1. The maximum Gasteiger partial charge on any atom is 0.356 e. The topological polar surface area (TPSA) is 79.1 Å². The van der Waals surface area contributed by atoms with Crippen molar-refractivity contribution in [3.63, 3.8) is 0 Å². The van der Waals surface area contributed by atoms with Crippen molar-refractivity contribution in [3.8, 4) is 0 Å². The quantitative estimate of drug-likeness (QED) is 0.290. The molecule has 5 heteroatoms. The first-order chi connectivity index (χ1) is 7.15. The Morgan fingerprint density at radius 1 is 1.53 bits per heavy atom. The van der Waals surface area contributed by atoms with Crippen LogP contribution in [0.1, 0.15) is 33.1 Å². The summed E-state index contributed by atoms with van der Waals surface area (Å²) in [5.41, 5.74) is 0.0438. The predicted octanol–water partition coefficient (Wildman–Crippen LogP) is 1.18. The van der Waals surface area contributed by atoms with Crippen molar-refractivity contribution >= 4 is 11.7 Å². The van der Waals surface area contributed by atoms with Crippen molar-refractivity contribution in [2.45, 2.75) is 33.1 Å². The van der Waals surface area contributed by atoms with Crippen LogP contribution in [0.3, 0.4) is 0 Å². The average molecular weight is 217 g/mol. The van der Waals surface area contributed by atoms with Gasteiger partial charge in [0.2, 0.25) is 0 Å². The zero-order valence-corrected chi connectivity index (χ0v) is 9.27. The van der Waals surface area contributed by atoms with E-state index in [2.05, 4.69) is 5.16 Å². The Morgan fingerprint density at radius 2 is 2.20 bits per heavy atom. The second-order valence-corrected chi connectivity index (χ2v) is 3.44. The van der Waals surface area contributed by atoms with Crippen LogP contribution in [0.2, 0.25) is 0 Å². The second-order valence-electron chi connectivity index (χ2n) is 3.44. The Kier molecular flexibility index (Phi) is 7.62. The summed E-state index contributed by atoms with van der Waals surface area (Å²) < 4.78 is 4.72. The number of hydrogen-bond acceptors (Lipinski definition) is 5. The highest BCUT2D eigenvalue weighted by molar-refractivity contribution is 6.36. The van der Waals surface area contributed by atoms with Crippen molar-refractivity contribution in [3.05, 3.63) is 0 Å². The van der Waals surface area contributed by atoms with Crippen LogP contribution in [-0.4, -0.2) is 35.2 Å². The van der Waals surface area contributed by atoms with Gasteiger partial charge in [-0.1, -0.05) is 12.1 Å². The molecule has 0 aromatic heterocycles. The van der Waals surface area contributed by atoms with Crippen molar-refractivity contribution in [2.24, 2.45) is 11.1 Å². The first-order valence-electron chi connectivity index (χ1n) is 5.14.